The van der Waals surface area contributed by atoms with Crippen molar-refractivity contribution in [2.24, 2.45) is 11.1 Å². The Kier molecular flexibility index (Phi) is 5.62. The summed E-state index contributed by atoms with van der Waals surface area (Å²) in [5.41, 5.74) is 5.76. The molecule has 0 bridgehead atoms. The zero-order valence-corrected chi connectivity index (χ0v) is 12.2. The molecule has 3 nitrogen and oxygen atoms in total. The molecule has 0 fully saturated rings. The molecule has 0 aliphatic heterocycles. The summed E-state index contributed by atoms with van der Waals surface area (Å²) in [5.74, 6) is -1.85. The summed E-state index contributed by atoms with van der Waals surface area (Å²) in [6.45, 7) is 6.47. The smallest absolute Gasteiger partial charge is 0.224 e. The minimum Gasteiger partial charge on any atom is -0.354 e. The van der Waals surface area contributed by atoms with Crippen molar-refractivity contribution in [3.8, 4) is 0 Å². The normalized spacial score (nSPS) is 13.1. The highest BCUT2D eigenvalue weighted by Crippen LogP contribution is 2.19. The van der Waals surface area contributed by atoms with Gasteiger partial charge in [0.25, 0.3) is 0 Å². The second-order valence-corrected chi connectivity index (χ2v) is 6.21. The van der Waals surface area contributed by atoms with Gasteiger partial charge in [-0.25, -0.2) is 8.78 Å². The van der Waals surface area contributed by atoms with Crippen molar-refractivity contribution in [1.82, 2.24) is 5.32 Å². The maximum atomic E-state index is 13.4. The van der Waals surface area contributed by atoms with Crippen LogP contribution in [0.2, 0.25) is 0 Å². The van der Waals surface area contributed by atoms with Crippen molar-refractivity contribution in [1.29, 1.82) is 0 Å². The van der Waals surface area contributed by atoms with E-state index in [-0.39, 0.29) is 23.4 Å². The standard InChI is InChI=1S/C15H22F2N2O/c1-15(2,3)8-10(18)9-19-14(20)7-11-12(16)5-4-6-13(11)17/h4-6,10H,7-9,18H2,1-3H3,(H,19,20). The highest BCUT2D eigenvalue weighted by molar-refractivity contribution is 5.78. The molecule has 0 aromatic heterocycles. The van der Waals surface area contributed by atoms with Crippen LogP contribution in [0.25, 0.3) is 0 Å². The highest BCUT2D eigenvalue weighted by Gasteiger charge is 2.17. The van der Waals surface area contributed by atoms with Crippen LogP contribution < -0.4 is 11.1 Å². The van der Waals surface area contributed by atoms with Crippen LogP contribution in [0.5, 0.6) is 0 Å². The van der Waals surface area contributed by atoms with Crippen LogP contribution in [0, 0.1) is 17.0 Å². The number of nitrogens with two attached hydrogens (primary N) is 1. The van der Waals surface area contributed by atoms with Gasteiger partial charge in [0.1, 0.15) is 11.6 Å². The topological polar surface area (TPSA) is 55.1 Å². The molecule has 0 spiro atoms. The Hall–Kier alpha value is -1.49. The lowest BCUT2D eigenvalue weighted by atomic mass is 9.88. The first-order valence-corrected chi connectivity index (χ1v) is 6.64. The first kappa shape index (κ1) is 16.6. The lowest BCUT2D eigenvalue weighted by Gasteiger charge is -2.23. The van der Waals surface area contributed by atoms with E-state index in [1.165, 1.54) is 6.07 Å². The van der Waals surface area contributed by atoms with Gasteiger partial charge < -0.3 is 11.1 Å². The minimum absolute atomic E-state index is 0.0712. The Morgan fingerprint density at radius 1 is 1.30 bits per heavy atom. The third-order valence-corrected chi connectivity index (χ3v) is 2.84. The number of rotatable bonds is 5. The molecule has 1 aromatic rings. The maximum absolute atomic E-state index is 13.4. The van der Waals surface area contributed by atoms with Crippen molar-refractivity contribution >= 4 is 5.91 Å². The van der Waals surface area contributed by atoms with Gasteiger partial charge in [0.05, 0.1) is 6.42 Å². The van der Waals surface area contributed by atoms with Gasteiger partial charge in [-0.1, -0.05) is 26.8 Å². The molecule has 0 saturated carbocycles. The molecule has 0 heterocycles. The van der Waals surface area contributed by atoms with Crippen molar-refractivity contribution in [3.05, 3.63) is 35.4 Å². The third kappa shape index (κ3) is 5.65. The first-order chi connectivity index (χ1) is 9.19. The van der Waals surface area contributed by atoms with E-state index in [9.17, 15) is 13.6 Å². The summed E-state index contributed by atoms with van der Waals surface area (Å²) in [6, 6.07) is 3.36. The Labute approximate surface area is 118 Å². The van der Waals surface area contributed by atoms with Crippen LogP contribution in [0.4, 0.5) is 8.78 Å². The molecule has 0 saturated heterocycles. The molecular formula is C15H22F2N2O. The van der Waals surface area contributed by atoms with Crippen molar-refractivity contribution < 1.29 is 13.6 Å². The summed E-state index contributed by atoms with van der Waals surface area (Å²) in [5, 5.41) is 2.61. The van der Waals surface area contributed by atoms with Crippen LogP contribution in [0.3, 0.4) is 0 Å². The Bertz CT molecular complexity index is 449. The summed E-state index contributed by atoms with van der Waals surface area (Å²) in [6.07, 6.45) is 0.433. The van der Waals surface area contributed by atoms with Crippen molar-refractivity contribution in [2.45, 2.75) is 39.7 Å². The van der Waals surface area contributed by atoms with Crippen LogP contribution in [-0.2, 0) is 11.2 Å². The van der Waals surface area contributed by atoms with Gasteiger partial charge in [0, 0.05) is 18.2 Å². The SMILES string of the molecule is CC(C)(C)CC(N)CNC(=O)Cc1c(F)cccc1F. The summed E-state index contributed by atoms with van der Waals surface area (Å²) < 4.78 is 26.8. The van der Waals surface area contributed by atoms with Gasteiger partial charge in [-0.15, -0.1) is 0 Å². The summed E-state index contributed by atoms with van der Waals surface area (Å²) in [4.78, 5) is 11.7. The fraction of sp³-hybridized carbons (Fsp3) is 0.533. The van der Waals surface area contributed by atoms with Gasteiger partial charge in [0.2, 0.25) is 5.91 Å². The third-order valence-electron chi connectivity index (χ3n) is 2.84. The van der Waals surface area contributed by atoms with Crippen molar-refractivity contribution in [2.75, 3.05) is 6.54 Å². The zero-order chi connectivity index (χ0) is 15.3. The molecule has 0 aliphatic carbocycles. The number of carbonyl (C=O) groups excluding carboxylic acids is 1. The second kappa shape index (κ2) is 6.79. The van der Waals surface area contributed by atoms with Gasteiger partial charge in [-0.2, -0.15) is 0 Å². The zero-order valence-electron chi connectivity index (χ0n) is 12.2. The Morgan fingerprint density at radius 2 is 1.85 bits per heavy atom. The number of halogens is 2. The monoisotopic (exact) mass is 284 g/mol. The van der Waals surface area contributed by atoms with E-state index in [0.29, 0.717) is 6.54 Å². The maximum Gasteiger partial charge on any atom is 0.224 e. The van der Waals surface area contributed by atoms with Gasteiger partial charge >= 0.3 is 0 Å². The Balaban J connectivity index is 2.49. The molecule has 1 rings (SSSR count). The molecule has 112 valence electrons. The number of benzene rings is 1. The number of nitrogens with one attached hydrogen (secondary N) is 1. The van der Waals surface area contributed by atoms with E-state index in [0.717, 1.165) is 18.6 Å². The van der Waals surface area contributed by atoms with E-state index >= 15 is 0 Å². The quantitative estimate of drug-likeness (QED) is 0.872. The molecule has 1 amide bonds. The predicted molar refractivity (Wildman–Crippen MR) is 75.1 cm³/mol. The van der Waals surface area contributed by atoms with Gasteiger partial charge in [0.15, 0.2) is 0 Å². The van der Waals surface area contributed by atoms with Crippen LogP contribution in [0.1, 0.15) is 32.8 Å². The lowest BCUT2D eigenvalue weighted by molar-refractivity contribution is -0.120. The number of hydrogen-bond donors (Lipinski definition) is 2. The molecule has 1 aromatic carbocycles. The molecular weight excluding hydrogens is 262 g/mol. The van der Waals surface area contributed by atoms with Gasteiger partial charge in [-0.3, -0.25) is 4.79 Å². The lowest BCUT2D eigenvalue weighted by Crippen LogP contribution is -2.40. The van der Waals surface area contributed by atoms with Gasteiger partial charge in [-0.05, 0) is 24.0 Å². The molecule has 0 radical (unpaired) electrons. The molecule has 1 atom stereocenters. The fourth-order valence-corrected chi connectivity index (χ4v) is 2.03. The second-order valence-electron chi connectivity index (χ2n) is 6.21. The van der Waals surface area contributed by atoms with Crippen molar-refractivity contribution in [3.63, 3.8) is 0 Å². The van der Waals surface area contributed by atoms with E-state index in [1.54, 1.807) is 0 Å². The van der Waals surface area contributed by atoms with Crippen LogP contribution in [0.15, 0.2) is 18.2 Å². The Morgan fingerprint density at radius 3 is 2.35 bits per heavy atom. The molecule has 1 unspecified atom stereocenters. The number of amides is 1. The largest absolute Gasteiger partial charge is 0.354 e. The van der Waals surface area contributed by atoms with E-state index in [2.05, 4.69) is 26.1 Å². The number of hydrogen-bond acceptors (Lipinski definition) is 2. The molecule has 20 heavy (non-hydrogen) atoms. The molecule has 3 N–H and O–H groups in total. The molecule has 0 aliphatic rings. The van der Waals surface area contributed by atoms with E-state index in [4.69, 9.17) is 5.73 Å². The summed E-state index contributed by atoms with van der Waals surface area (Å²) in [7, 11) is 0. The van der Waals surface area contributed by atoms with Crippen LogP contribution in [-0.4, -0.2) is 18.5 Å². The summed E-state index contributed by atoms with van der Waals surface area (Å²) >= 11 is 0. The molecule has 5 heteroatoms. The average molecular weight is 284 g/mol. The first-order valence-electron chi connectivity index (χ1n) is 6.64. The van der Waals surface area contributed by atoms with Crippen LogP contribution >= 0.6 is 0 Å². The van der Waals surface area contributed by atoms with E-state index in [1.807, 2.05) is 0 Å². The van der Waals surface area contributed by atoms with E-state index < -0.39 is 17.5 Å². The minimum atomic E-state index is -0.709. The highest BCUT2D eigenvalue weighted by atomic mass is 19.1. The average Bonchev–Trinajstić information content (AvgIpc) is 2.29. The fourth-order valence-electron chi connectivity index (χ4n) is 2.03. The number of carbonyl (C=O) groups is 1. The predicted octanol–water partition coefficient (Wildman–Crippen LogP) is 2.39.